The fourth-order valence-corrected chi connectivity index (χ4v) is 1.95. The van der Waals surface area contributed by atoms with E-state index < -0.39 is 0 Å². The predicted octanol–water partition coefficient (Wildman–Crippen LogP) is 2.03. The molecule has 1 aromatic heterocycles. The molecular weight excluding hydrogens is 214 g/mol. The van der Waals surface area contributed by atoms with Crippen molar-refractivity contribution in [2.24, 2.45) is 0 Å². The first-order valence-electron chi connectivity index (χ1n) is 6.38. The van der Waals surface area contributed by atoms with E-state index in [2.05, 4.69) is 25.7 Å². The van der Waals surface area contributed by atoms with Crippen LogP contribution in [0.5, 0.6) is 0 Å². The topological polar surface area (TPSA) is 53.1 Å². The minimum Gasteiger partial charge on any atom is -0.354 e. The lowest BCUT2D eigenvalue weighted by Crippen LogP contribution is -2.35. The van der Waals surface area contributed by atoms with Crippen LogP contribution < -0.4 is 10.7 Å². The highest BCUT2D eigenvalue weighted by atomic mass is 15.5. The van der Waals surface area contributed by atoms with Gasteiger partial charge >= 0.3 is 0 Å². The van der Waals surface area contributed by atoms with Crippen molar-refractivity contribution >= 4 is 11.8 Å². The fourth-order valence-electron chi connectivity index (χ4n) is 1.95. The largest absolute Gasteiger partial charge is 0.354 e. The van der Waals surface area contributed by atoms with Gasteiger partial charge in [-0.25, -0.2) is 9.99 Å². The number of hydrogen-bond acceptors (Lipinski definition) is 5. The van der Waals surface area contributed by atoms with Crippen molar-refractivity contribution in [1.29, 1.82) is 0 Å². The molecule has 94 valence electrons. The number of hydrogen-bond donors (Lipinski definition) is 2. The van der Waals surface area contributed by atoms with Crippen molar-refractivity contribution in [3.8, 4) is 0 Å². The zero-order valence-corrected chi connectivity index (χ0v) is 10.7. The maximum Gasteiger partial charge on any atom is 0.224 e. The zero-order valence-electron chi connectivity index (χ0n) is 10.7. The van der Waals surface area contributed by atoms with Gasteiger partial charge in [0.05, 0.1) is 0 Å². The van der Waals surface area contributed by atoms with Gasteiger partial charge in [-0.3, -0.25) is 0 Å². The van der Waals surface area contributed by atoms with Gasteiger partial charge in [-0.15, -0.1) is 0 Å². The van der Waals surface area contributed by atoms with Gasteiger partial charge in [0, 0.05) is 31.4 Å². The van der Waals surface area contributed by atoms with Gasteiger partial charge in [0.1, 0.15) is 5.82 Å². The van der Waals surface area contributed by atoms with Crippen LogP contribution in [0.25, 0.3) is 0 Å². The average molecular weight is 235 g/mol. The van der Waals surface area contributed by atoms with Crippen molar-refractivity contribution in [2.45, 2.75) is 33.1 Å². The third-order valence-electron chi connectivity index (χ3n) is 2.93. The fraction of sp³-hybridized carbons (Fsp3) is 0.667. The summed E-state index contributed by atoms with van der Waals surface area (Å²) in [7, 11) is 0. The molecule has 0 spiro atoms. The number of aryl methyl sites for hydroxylation is 1. The Hall–Kier alpha value is -1.36. The van der Waals surface area contributed by atoms with Crippen LogP contribution in [0.4, 0.5) is 11.8 Å². The van der Waals surface area contributed by atoms with E-state index >= 15 is 0 Å². The van der Waals surface area contributed by atoms with E-state index in [1.165, 1.54) is 19.3 Å². The maximum absolute atomic E-state index is 4.48. The second-order valence-electron chi connectivity index (χ2n) is 4.42. The molecule has 1 aromatic rings. The van der Waals surface area contributed by atoms with Gasteiger partial charge in [-0.1, -0.05) is 6.42 Å². The summed E-state index contributed by atoms with van der Waals surface area (Å²) in [4.78, 5) is 8.72. The Balaban J connectivity index is 2.04. The lowest BCUT2D eigenvalue weighted by Gasteiger charge is -2.27. The summed E-state index contributed by atoms with van der Waals surface area (Å²) in [5.74, 6) is 1.61. The molecule has 2 heterocycles. The Bertz CT molecular complexity index is 360. The van der Waals surface area contributed by atoms with E-state index in [0.29, 0.717) is 5.95 Å². The van der Waals surface area contributed by atoms with E-state index in [0.717, 1.165) is 31.0 Å². The van der Waals surface area contributed by atoms with Crippen LogP contribution >= 0.6 is 0 Å². The van der Waals surface area contributed by atoms with Crippen molar-refractivity contribution in [2.75, 3.05) is 30.4 Å². The maximum atomic E-state index is 4.48. The highest BCUT2D eigenvalue weighted by Gasteiger charge is 2.12. The Morgan fingerprint density at radius 2 is 2.06 bits per heavy atom. The molecule has 0 aromatic carbocycles. The Kier molecular flexibility index (Phi) is 4.14. The molecule has 0 saturated carbocycles. The van der Waals surface area contributed by atoms with Crippen LogP contribution in [-0.4, -0.2) is 34.6 Å². The summed E-state index contributed by atoms with van der Waals surface area (Å²) < 4.78 is 0. The average Bonchev–Trinajstić information content (AvgIpc) is 2.35. The first-order valence-corrected chi connectivity index (χ1v) is 6.38. The molecule has 0 radical (unpaired) electrons. The molecule has 17 heavy (non-hydrogen) atoms. The van der Waals surface area contributed by atoms with Gasteiger partial charge in [-0.2, -0.15) is 4.98 Å². The normalized spacial score (nSPS) is 16.8. The quantitative estimate of drug-likeness (QED) is 0.836. The highest BCUT2D eigenvalue weighted by Crippen LogP contribution is 2.16. The van der Waals surface area contributed by atoms with Crippen LogP contribution in [0, 0.1) is 6.92 Å². The number of nitrogens with zero attached hydrogens (tertiary/aromatic N) is 3. The molecule has 0 amide bonds. The first-order chi connectivity index (χ1) is 8.29. The molecule has 2 N–H and O–H groups in total. The van der Waals surface area contributed by atoms with Crippen molar-refractivity contribution in [3.63, 3.8) is 0 Å². The summed E-state index contributed by atoms with van der Waals surface area (Å²) >= 11 is 0. The van der Waals surface area contributed by atoms with Crippen LogP contribution in [-0.2, 0) is 0 Å². The van der Waals surface area contributed by atoms with Crippen molar-refractivity contribution < 1.29 is 0 Å². The molecule has 1 aliphatic rings. The van der Waals surface area contributed by atoms with E-state index in [-0.39, 0.29) is 0 Å². The molecular formula is C12H21N5. The molecule has 0 atom stereocenters. The monoisotopic (exact) mass is 235 g/mol. The van der Waals surface area contributed by atoms with E-state index in [1.54, 1.807) is 0 Å². The second kappa shape index (κ2) is 5.82. The molecule has 0 bridgehead atoms. The zero-order chi connectivity index (χ0) is 12.1. The van der Waals surface area contributed by atoms with Gasteiger partial charge in [0.15, 0.2) is 0 Å². The van der Waals surface area contributed by atoms with Gasteiger partial charge in [0.2, 0.25) is 5.95 Å². The second-order valence-corrected chi connectivity index (χ2v) is 4.42. The summed E-state index contributed by atoms with van der Waals surface area (Å²) in [6.07, 6.45) is 5.72. The third kappa shape index (κ3) is 3.30. The number of anilines is 2. The molecule has 5 heteroatoms. The molecule has 5 nitrogen and oxygen atoms in total. The summed E-state index contributed by atoms with van der Waals surface area (Å²) in [5, 5.41) is 5.38. The lowest BCUT2D eigenvalue weighted by atomic mass is 10.2. The van der Waals surface area contributed by atoms with E-state index in [1.807, 2.05) is 20.0 Å². The SMILES string of the molecule is CCNc1ncc(C)c(NN2CCCCC2)n1. The predicted molar refractivity (Wildman–Crippen MR) is 70.0 cm³/mol. The molecule has 0 aliphatic carbocycles. The van der Waals surface area contributed by atoms with Crippen LogP contribution in [0.1, 0.15) is 31.7 Å². The van der Waals surface area contributed by atoms with Gasteiger partial charge in [0.25, 0.3) is 0 Å². The first kappa shape index (κ1) is 12.1. The van der Waals surface area contributed by atoms with E-state index in [9.17, 15) is 0 Å². The molecule has 2 rings (SSSR count). The van der Waals surface area contributed by atoms with E-state index in [4.69, 9.17) is 0 Å². The minimum atomic E-state index is 0.692. The summed E-state index contributed by atoms with van der Waals surface area (Å²) in [6, 6.07) is 0. The number of aromatic nitrogens is 2. The molecule has 1 aliphatic heterocycles. The molecule has 1 saturated heterocycles. The molecule has 0 unspecified atom stereocenters. The lowest BCUT2D eigenvalue weighted by molar-refractivity contribution is 0.272. The number of hydrazine groups is 1. The number of piperidine rings is 1. The van der Waals surface area contributed by atoms with Gasteiger partial charge in [-0.05, 0) is 26.7 Å². The van der Waals surface area contributed by atoms with Crippen LogP contribution in [0.15, 0.2) is 6.20 Å². The summed E-state index contributed by atoms with van der Waals surface area (Å²) in [5.41, 5.74) is 4.47. The summed E-state index contributed by atoms with van der Waals surface area (Å²) in [6.45, 7) is 7.11. The Morgan fingerprint density at radius 1 is 1.29 bits per heavy atom. The van der Waals surface area contributed by atoms with Crippen LogP contribution in [0.3, 0.4) is 0 Å². The standard InChI is InChI=1S/C12H21N5/c1-3-13-12-14-9-10(2)11(15-12)16-17-7-5-4-6-8-17/h9H,3-8H2,1-2H3,(H2,13,14,15,16). The van der Waals surface area contributed by atoms with Crippen molar-refractivity contribution in [3.05, 3.63) is 11.8 Å². The van der Waals surface area contributed by atoms with Crippen LogP contribution in [0.2, 0.25) is 0 Å². The van der Waals surface area contributed by atoms with Gasteiger partial charge < -0.3 is 10.7 Å². The smallest absolute Gasteiger partial charge is 0.224 e. The Morgan fingerprint density at radius 3 is 2.76 bits per heavy atom. The highest BCUT2D eigenvalue weighted by molar-refractivity contribution is 5.45. The number of rotatable bonds is 4. The minimum absolute atomic E-state index is 0.692. The van der Waals surface area contributed by atoms with Crippen molar-refractivity contribution in [1.82, 2.24) is 15.0 Å². The Labute approximate surface area is 103 Å². The molecule has 1 fully saturated rings. The third-order valence-corrected chi connectivity index (χ3v) is 2.93. The number of nitrogens with one attached hydrogen (secondary N) is 2.